The van der Waals surface area contributed by atoms with E-state index in [0.717, 1.165) is 0 Å². The number of methoxy groups -OCH3 is 1. The predicted octanol–water partition coefficient (Wildman–Crippen LogP) is 2.11. The topological polar surface area (TPSA) is 115 Å². The summed E-state index contributed by atoms with van der Waals surface area (Å²) in [5.74, 6) is -1.15. The van der Waals surface area contributed by atoms with Gasteiger partial charge in [0.25, 0.3) is 0 Å². The maximum absolute atomic E-state index is 13.2. The van der Waals surface area contributed by atoms with E-state index >= 15 is 0 Å². The Labute approximate surface area is 179 Å². The van der Waals surface area contributed by atoms with Crippen LogP contribution >= 0.6 is 0 Å². The lowest BCUT2D eigenvalue weighted by Crippen LogP contribution is -2.57. The van der Waals surface area contributed by atoms with E-state index in [1.807, 2.05) is 6.92 Å². The van der Waals surface area contributed by atoms with Crippen molar-refractivity contribution in [2.75, 3.05) is 7.11 Å². The van der Waals surface area contributed by atoms with Crippen molar-refractivity contribution in [1.29, 1.82) is 0 Å². The van der Waals surface area contributed by atoms with Crippen molar-refractivity contribution in [3.05, 3.63) is 35.9 Å². The summed E-state index contributed by atoms with van der Waals surface area (Å²) in [4.78, 5) is 31.9. The van der Waals surface area contributed by atoms with Gasteiger partial charge in [-0.3, -0.25) is 4.79 Å². The molecule has 0 amide bonds. The highest BCUT2D eigenvalue weighted by Crippen LogP contribution is 2.59. The minimum atomic E-state index is -1.39. The third-order valence-electron chi connectivity index (χ3n) is 7.87. The Morgan fingerprint density at radius 2 is 2.03 bits per heavy atom. The first-order valence-corrected chi connectivity index (χ1v) is 10.5. The summed E-state index contributed by atoms with van der Waals surface area (Å²) in [7, 11) is 1.45. The maximum Gasteiger partial charge on any atom is 0.354 e. The van der Waals surface area contributed by atoms with Gasteiger partial charge in [-0.15, -0.1) is 0 Å². The molecule has 0 radical (unpaired) electrons. The van der Waals surface area contributed by atoms with E-state index in [0.29, 0.717) is 24.1 Å². The van der Waals surface area contributed by atoms with E-state index in [-0.39, 0.29) is 29.6 Å². The van der Waals surface area contributed by atoms with Crippen LogP contribution in [0.1, 0.15) is 38.7 Å². The summed E-state index contributed by atoms with van der Waals surface area (Å²) in [6.07, 6.45) is 3.47. The Kier molecular flexibility index (Phi) is 4.09. The smallest absolute Gasteiger partial charge is 0.354 e. The standard InChI is InChI=1S/C23H25NO7/c1-12-4-6-14-19(21(2)18(26)8-9-23(12,21)28)30-20(27)22(14)11-15(24-31-22)13-5-7-16(25)17(10-13)29-3/h5,7-10,12,14,19,25,28H,4,6,11H2,1-3H3/t12-,14+,19+,21-,22?,23+/m0/s1. The Morgan fingerprint density at radius 1 is 1.26 bits per heavy atom. The van der Waals surface area contributed by atoms with Crippen molar-refractivity contribution in [3.8, 4) is 11.5 Å². The molecule has 1 unspecified atom stereocenters. The Hall–Kier alpha value is -2.87. The van der Waals surface area contributed by atoms with Crippen LogP contribution in [0.15, 0.2) is 35.5 Å². The molecular formula is C23H25NO7. The number of rotatable bonds is 2. The number of phenolic OH excluding ortho intramolecular Hbond substituents is 1. The first kappa shape index (κ1) is 20.1. The molecule has 2 fully saturated rings. The summed E-state index contributed by atoms with van der Waals surface area (Å²) in [5, 5.41) is 25.5. The van der Waals surface area contributed by atoms with Gasteiger partial charge in [-0.05, 0) is 56.0 Å². The average molecular weight is 427 g/mol. The molecule has 1 aromatic carbocycles. The number of nitrogens with zero attached hydrogens (tertiary/aromatic N) is 1. The number of ketones is 1. The minimum Gasteiger partial charge on any atom is -0.504 e. The van der Waals surface area contributed by atoms with Crippen molar-refractivity contribution < 1.29 is 34.1 Å². The number of hydrogen-bond acceptors (Lipinski definition) is 8. The molecule has 8 nitrogen and oxygen atoms in total. The van der Waals surface area contributed by atoms with E-state index < -0.39 is 34.6 Å². The van der Waals surface area contributed by atoms with Crippen molar-refractivity contribution in [2.24, 2.45) is 22.4 Å². The molecule has 1 saturated carbocycles. The number of hydrogen-bond donors (Lipinski definition) is 2. The highest BCUT2D eigenvalue weighted by molar-refractivity contribution is 6.06. The number of carbonyl (C=O) groups excluding carboxylic acids is 2. The molecule has 4 aliphatic rings. The molecule has 2 heterocycles. The van der Waals surface area contributed by atoms with E-state index in [9.17, 15) is 19.8 Å². The number of ether oxygens (including phenoxy) is 2. The molecule has 2 aliphatic heterocycles. The molecule has 1 spiro atoms. The molecule has 2 N–H and O–H groups in total. The number of carbonyl (C=O) groups is 2. The van der Waals surface area contributed by atoms with Crippen molar-refractivity contribution in [3.63, 3.8) is 0 Å². The van der Waals surface area contributed by atoms with E-state index in [4.69, 9.17) is 14.3 Å². The van der Waals surface area contributed by atoms with E-state index in [1.165, 1.54) is 19.3 Å². The zero-order valence-electron chi connectivity index (χ0n) is 17.6. The number of fused-ring (bicyclic) bond motifs is 4. The second-order valence-electron chi connectivity index (χ2n) is 9.22. The van der Waals surface area contributed by atoms with Crippen LogP contribution in [0.5, 0.6) is 11.5 Å². The van der Waals surface area contributed by atoms with Gasteiger partial charge in [0.1, 0.15) is 17.1 Å². The zero-order chi connectivity index (χ0) is 22.2. The van der Waals surface area contributed by atoms with Gasteiger partial charge in [-0.25, -0.2) is 4.79 Å². The lowest BCUT2D eigenvalue weighted by molar-refractivity contribution is -0.169. The monoisotopic (exact) mass is 427 g/mol. The van der Waals surface area contributed by atoms with Gasteiger partial charge in [0.05, 0.1) is 18.7 Å². The lowest BCUT2D eigenvalue weighted by atomic mass is 9.63. The molecule has 2 aliphatic carbocycles. The number of esters is 1. The summed E-state index contributed by atoms with van der Waals surface area (Å²) in [5.41, 5.74) is -2.82. The number of phenols is 1. The molecule has 0 bridgehead atoms. The SMILES string of the molecule is COc1cc(C2=NOC3(C2)C(=O)O[C@@H]2[C@H]3CC[C@H](C)[C@]3(O)C=CC(=O)[C@@]23C)ccc1O. The van der Waals surface area contributed by atoms with Crippen LogP contribution in [-0.2, 0) is 19.2 Å². The van der Waals surface area contributed by atoms with Gasteiger partial charge in [0.15, 0.2) is 17.3 Å². The lowest BCUT2D eigenvalue weighted by Gasteiger charge is -2.43. The molecule has 8 heteroatoms. The van der Waals surface area contributed by atoms with Gasteiger partial charge in [0.2, 0.25) is 5.60 Å². The minimum absolute atomic E-state index is 0.00182. The van der Waals surface area contributed by atoms with Gasteiger partial charge < -0.3 is 24.5 Å². The number of oxime groups is 1. The van der Waals surface area contributed by atoms with Crippen LogP contribution < -0.4 is 4.74 Å². The third kappa shape index (κ3) is 2.36. The Morgan fingerprint density at radius 3 is 2.77 bits per heavy atom. The second kappa shape index (κ2) is 6.32. The Bertz CT molecular complexity index is 1050. The molecule has 164 valence electrons. The van der Waals surface area contributed by atoms with Gasteiger partial charge in [-0.2, -0.15) is 0 Å². The fourth-order valence-corrected chi connectivity index (χ4v) is 5.81. The normalized spacial score (nSPS) is 40.8. The molecule has 5 rings (SSSR count). The van der Waals surface area contributed by atoms with Crippen LogP contribution in [0.3, 0.4) is 0 Å². The molecule has 31 heavy (non-hydrogen) atoms. The average Bonchev–Trinajstić information content (AvgIpc) is 3.37. The molecule has 1 saturated heterocycles. The summed E-state index contributed by atoms with van der Waals surface area (Å²) < 4.78 is 11.0. The van der Waals surface area contributed by atoms with Gasteiger partial charge in [0, 0.05) is 12.0 Å². The highest BCUT2D eigenvalue weighted by atomic mass is 16.7. The summed E-state index contributed by atoms with van der Waals surface area (Å²) in [6.45, 7) is 3.60. The van der Waals surface area contributed by atoms with Crippen LogP contribution in [0.2, 0.25) is 0 Å². The number of aromatic hydroxyl groups is 1. The Balaban J connectivity index is 1.52. The first-order valence-electron chi connectivity index (χ1n) is 10.5. The second-order valence-corrected chi connectivity index (χ2v) is 9.22. The van der Waals surface area contributed by atoms with Crippen molar-refractivity contribution in [2.45, 2.75) is 50.4 Å². The zero-order valence-corrected chi connectivity index (χ0v) is 17.6. The molecule has 0 aromatic heterocycles. The van der Waals surface area contributed by atoms with Crippen LogP contribution in [0.4, 0.5) is 0 Å². The highest BCUT2D eigenvalue weighted by Gasteiger charge is 2.73. The fraction of sp³-hybridized carbons (Fsp3) is 0.522. The van der Waals surface area contributed by atoms with Crippen molar-refractivity contribution in [1.82, 2.24) is 0 Å². The van der Waals surface area contributed by atoms with E-state index in [1.54, 1.807) is 25.1 Å². The third-order valence-corrected chi connectivity index (χ3v) is 7.87. The molecule has 6 atom stereocenters. The van der Waals surface area contributed by atoms with Gasteiger partial charge >= 0.3 is 5.97 Å². The van der Waals surface area contributed by atoms with E-state index in [2.05, 4.69) is 5.16 Å². The quantitative estimate of drug-likeness (QED) is 0.695. The van der Waals surface area contributed by atoms with Crippen molar-refractivity contribution >= 4 is 17.5 Å². The number of aliphatic hydroxyl groups is 1. The van der Waals surface area contributed by atoms with Crippen LogP contribution in [0.25, 0.3) is 0 Å². The largest absolute Gasteiger partial charge is 0.504 e. The number of allylic oxidation sites excluding steroid dienone is 1. The van der Waals surface area contributed by atoms with Crippen LogP contribution in [0, 0.1) is 17.3 Å². The number of benzene rings is 1. The molecular weight excluding hydrogens is 402 g/mol. The maximum atomic E-state index is 13.2. The van der Waals surface area contributed by atoms with Crippen LogP contribution in [-0.4, -0.2) is 52.1 Å². The van der Waals surface area contributed by atoms with Gasteiger partial charge in [-0.1, -0.05) is 12.1 Å². The molecule has 1 aromatic rings. The summed E-state index contributed by atoms with van der Waals surface area (Å²) >= 11 is 0. The first-order chi connectivity index (χ1) is 14.7. The fourth-order valence-electron chi connectivity index (χ4n) is 5.81. The summed E-state index contributed by atoms with van der Waals surface area (Å²) in [6, 6.07) is 4.80. The predicted molar refractivity (Wildman–Crippen MR) is 109 cm³/mol.